The number of phenolic OH excluding ortho intramolecular Hbond substituents is 1. The van der Waals surface area contributed by atoms with Crippen LogP contribution < -0.4 is 4.90 Å². The van der Waals surface area contributed by atoms with Crippen molar-refractivity contribution in [1.29, 1.82) is 0 Å². The minimum Gasteiger partial charge on any atom is -0.508 e. The van der Waals surface area contributed by atoms with Crippen LogP contribution in [-0.4, -0.2) is 23.8 Å². The van der Waals surface area contributed by atoms with E-state index in [4.69, 9.17) is 0 Å². The van der Waals surface area contributed by atoms with Gasteiger partial charge in [0.15, 0.2) is 0 Å². The molecule has 2 aromatic rings. The third-order valence-electron chi connectivity index (χ3n) is 3.55. The van der Waals surface area contributed by atoms with Crippen molar-refractivity contribution in [2.75, 3.05) is 17.7 Å². The standard InChI is InChI=1S/C16H15NO2S/c1-17(11-5-4-6-12(18)9-11)16(19)14-10-20-15-8-3-2-7-13(14)15/h2-9,14,18H,10H2,1H3. The van der Waals surface area contributed by atoms with Gasteiger partial charge in [-0.3, -0.25) is 4.79 Å². The molecule has 0 fully saturated rings. The molecular formula is C16H15NO2S. The quantitative estimate of drug-likeness (QED) is 0.921. The molecule has 0 aromatic heterocycles. The molecule has 1 atom stereocenters. The zero-order valence-electron chi connectivity index (χ0n) is 11.1. The van der Waals surface area contributed by atoms with Crippen LogP contribution in [0.1, 0.15) is 11.5 Å². The van der Waals surface area contributed by atoms with Gasteiger partial charge in [0.25, 0.3) is 0 Å². The maximum atomic E-state index is 12.7. The summed E-state index contributed by atoms with van der Waals surface area (Å²) in [4.78, 5) is 15.5. The van der Waals surface area contributed by atoms with E-state index in [1.54, 1.807) is 41.9 Å². The van der Waals surface area contributed by atoms with Crippen LogP contribution in [0.4, 0.5) is 5.69 Å². The van der Waals surface area contributed by atoms with E-state index in [9.17, 15) is 9.90 Å². The first-order valence-corrected chi connectivity index (χ1v) is 7.43. The number of likely N-dealkylation sites (N-methyl/N-ethyl adjacent to an activating group) is 1. The van der Waals surface area contributed by atoms with Gasteiger partial charge in [-0.05, 0) is 23.8 Å². The van der Waals surface area contributed by atoms with Crippen LogP contribution in [0.2, 0.25) is 0 Å². The lowest BCUT2D eigenvalue weighted by atomic mass is 10.00. The van der Waals surface area contributed by atoms with Gasteiger partial charge in [0.2, 0.25) is 5.91 Å². The lowest BCUT2D eigenvalue weighted by molar-refractivity contribution is -0.119. The minimum absolute atomic E-state index is 0.0630. The predicted molar refractivity (Wildman–Crippen MR) is 81.4 cm³/mol. The summed E-state index contributed by atoms with van der Waals surface area (Å²) < 4.78 is 0. The van der Waals surface area contributed by atoms with Gasteiger partial charge < -0.3 is 10.0 Å². The lowest BCUT2D eigenvalue weighted by Gasteiger charge is -2.21. The molecule has 1 N–H and O–H groups in total. The van der Waals surface area contributed by atoms with Crippen LogP contribution in [-0.2, 0) is 4.79 Å². The van der Waals surface area contributed by atoms with Gasteiger partial charge in [-0.25, -0.2) is 0 Å². The summed E-state index contributed by atoms with van der Waals surface area (Å²) >= 11 is 1.72. The SMILES string of the molecule is CN(C(=O)C1CSc2ccccc21)c1cccc(O)c1. The van der Waals surface area contributed by atoms with Gasteiger partial charge in [-0.1, -0.05) is 24.3 Å². The van der Waals surface area contributed by atoms with Gasteiger partial charge in [0.1, 0.15) is 5.75 Å². The summed E-state index contributed by atoms with van der Waals surface area (Å²) in [6.07, 6.45) is 0. The second-order valence-electron chi connectivity index (χ2n) is 4.82. The molecule has 3 nitrogen and oxygen atoms in total. The maximum absolute atomic E-state index is 12.7. The predicted octanol–water partition coefficient (Wildman–Crippen LogP) is 3.24. The molecule has 1 aliphatic heterocycles. The summed E-state index contributed by atoms with van der Waals surface area (Å²) in [5, 5.41) is 9.52. The fourth-order valence-corrected chi connectivity index (χ4v) is 3.65. The third kappa shape index (κ3) is 2.27. The first-order chi connectivity index (χ1) is 9.66. The summed E-state index contributed by atoms with van der Waals surface area (Å²) in [5.74, 6) is 0.904. The number of hydrogen-bond acceptors (Lipinski definition) is 3. The second kappa shape index (κ2) is 5.21. The summed E-state index contributed by atoms with van der Waals surface area (Å²) in [5.41, 5.74) is 1.82. The number of carbonyl (C=O) groups is 1. The molecule has 2 aromatic carbocycles. The van der Waals surface area contributed by atoms with Crippen molar-refractivity contribution >= 4 is 23.4 Å². The molecule has 1 unspecified atom stereocenters. The van der Waals surface area contributed by atoms with Crippen molar-refractivity contribution in [3.8, 4) is 5.75 Å². The normalized spacial score (nSPS) is 16.8. The Labute approximate surface area is 122 Å². The van der Waals surface area contributed by atoms with Crippen LogP contribution in [0, 0.1) is 0 Å². The summed E-state index contributed by atoms with van der Waals surface area (Å²) in [6, 6.07) is 14.8. The highest BCUT2D eigenvalue weighted by Gasteiger charge is 2.31. The van der Waals surface area contributed by atoms with Gasteiger partial charge in [-0.15, -0.1) is 11.8 Å². The zero-order valence-corrected chi connectivity index (χ0v) is 11.9. The van der Waals surface area contributed by atoms with Crippen molar-refractivity contribution < 1.29 is 9.90 Å². The lowest BCUT2D eigenvalue weighted by Crippen LogP contribution is -2.31. The van der Waals surface area contributed by atoms with Crippen molar-refractivity contribution in [2.45, 2.75) is 10.8 Å². The molecule has 1 heterocycles. The number of hydrogen-bond donors (Lipinski definition) is 1. The van der Waals surface area contributed by atoms with E-state index in [0.29, 0.717) is 5.69 Å². The number of phenols is 1. The highest BCUT2D eigenvalue weighted by Crippen LogP contribution is 2.40. The summed E-state index contributed by atoms with van der Waals surface area (Å²) in [7, 11) is 1.75. The zero-order chi connectivity index (χ0) is 14.1. The van der Waals surface area contributed by atoms with Crippen LogP contribution in [0.15, 0.2) is 53.4 Å². The average molecular weight is 285 g/mol. The van der Waals surface area contributed by atoms with E-state index in [1.165, 1.54) is 4.90 Å². The van der Waals surface area contributed by atoms with Gasteiger partial charge in [0, 0.05) is 29.4 Å². The molecule has 102 valence electrons. The first kappa shape index (κ1) is 13.1. The number of aromatic hydroxyl groups is 1. The Morgan fingerprint density at radius 1 is 1.25 bits per heavy atom. The largest absolute Gasteiger partial charge is 0.508 e. The Balaban J connectivity index is 1.87. The van der Waals surface area contributed by atoms with E-state index in [2.05, 4.69) is 6.07 Å². The molecule has 1 amide bonds. The molecule has 0 aliphatic carbocycles. The molecular weight excluding hydrogens is 270 g/mol. The molecule has 0 bridgehead atoms. The van der Waals surface area contributed by atoms with E-state index in [0.717, 1.165) is 11.3 Å². The number of thioether (sulfide) groups is 1. The van der Waals surface area contributed by atoms with Gasteiger partial charge >= 0.3 is 0 Å². The van der Waals surface area contributed by atoms with Crippen molar-refractivity contribution in [2.24, 2.45) is 0 Å². The molecule has 1 aliphatic rings. The molecule has 4 heteroatoms. The molecule has 0 spiro atoms. The fraction of sp³-hybridized carbons (Fsp3) is 0.188. The molecule has 0 radical (unpaired) electrons. The number of fused-ring (bicyclic) bond motifs is 1. The highest BCUT2D eigenvalue weighted by molar-refractivity contribution is 7.99. The van der Waals surface area contributed by atoms with Crippen molar-refractivity contribution in [3.63, 3.8) is 0 Å². The smallest absolute Gasteiger partial charge is 0.235 e. The van der Waals surface area contributed by atoms with Crippen LogP contribution in [0.3, 0.4) is 0 Å². The first-order valence-electron chi connectivity index (χ1n) is 6.45. The second-order valence-corrected chi connectivity index (χ2v) is 5.88. The van der Waals surface area contributed by atoms with E-state index >= 15 is 0 Å². The Hall–Kier alpha value is -1.94. The molecule has 20 heavy (non-hydrogen) atoms. The maximum Gasteiger partial charge on any atom is 0.235 e. The van der Waals surface area contributed by atoms with Crippen molar-refractivity contribution in [3.05, 3.63) is 54.1 Å². The minimum atomic E-state index is -0.108. The highest BCUT2D eigenvalue weighted by atomic mass is 32.2. The Morgan fingerprint density at radius 3 is 2.85 bits per heavy atom. The molecule has 0 saturated heterocycles. The van der Waals surface area contributed by atoms with Crippen molar-refractivity contribution in [1.82, 2.24) is 0 Å². The monoisotopic (exact) mass is 285 g/mol. The fourth-order valence-electron chi connectivity index (χ4n) is 2.43. The number of nitrogens with zero attached hydrogens (tertiary/aromatic N) is 1. The molecule has 3 rings (SSSR count). The van der Waals surface area contributed by atoms with E-state index < -0.39 is 0 Å². The number of anilines is 1. The van der Waals surface area contributed by atoms with Crippen LogP contribution >= 0.6 is 11.8 Å². The van der Waals surface area contributed by atoms with Crippen LogP contribution in [0.25, 0.3) is 0 Å². The number of carbonyl (C=O) groups excluding carboxylic acids is 1. The Kier molecular flexibility index (Phi) is 3.40. The average Bonchev–Trinajstić information content (AvgIpc) is 2.89. The number of benzene rings is 2. The third-order valence-corrected chi connectivity index (χ3v) is 4.73. The Bertz CT molecular complexity index is 656. The van der Waals surface area contributed by atoms with E-state index in [1.807, 2.05) is 24.3 Å². The van der Waals surface area contributed by atoms with Crippen LogP contribution in [0.5, 0.6) is 5.75 Å². The number of amides is 1. The Morgan fingerprint density at radius 2 is 2.05 bits per heavy atom. The topological polar surface area (TPSA) is 40.5 Å². The van der Waals surface area contributed by atoms with Gasteiger partial charge in [-0.2, -0.15) is 0 Å². The number of rotatable bonds is 2. The van der Waals surface area contributed by atoms with E-state index in [-0.39, 0.29) is 17.6 Å². The summed E-state index contributed by atoms with van der Waals surface area (Å²) in [6.45, 7) is 0. The molecule has 0 saturated carbocycles. The van der Waals surface area contributed by atoms with Gasteiger partial charge in [0.05, 0.1) is 5.92 Å².